The summed E-state index contributed by atoms with van der Waals surface area (Å²) in [5.41, 5.74) is 0.589. The maximum absolute atomic E-state index is 12.9. The zero-order valence-corrected chi connectivity index (χ0v) is 17.1. The Labute approximate surface area is 169 Å². The molecule has 1 N–H and O–H groups in total. The minimum Gasteiger partial charge on any atom is -0.493 e. The second kappa shape index (κ2) is 9.31. The highest BCUT2D eigenvalue weighted by molar-refractivity contribution is 5.93. The number of hydrogen-bond acceptors (Lipinski definition) is 8. The van der Waals surface area contributed by atoms with Gasteiger partial charge in [0.15, 0.2) is 17.3 Å². The minimum absolute atomic E-state index is 0.0644. The number of benzene rings is 1. The fourth-order valence-corrected chi connectivity index (χ4v) is 3.39. The van der Waals surface area contributed by atoms with E-state index in [9.17, 15) is 4.79 Å². The summed E-state index contributed by atoms with van der Waals surface area (Å²) in [6, 6.07) is 7.05. The van der Waals surface area contributed by atoms with Crippen LogP contribution < -0.4 is 29.2 Å². The number of nitrogens with one attached hydrogen (secondary N) is 1. The van der Waals surface area contributed by atoms with Gasteiger partial charge in [-0.15, -0.1) is 10.2 Å². The molecule has 1 aromatic heterocycles. The summed E-state index contributed by atoms with van der Waals surface area (Å²) in [5.74, 6) is 2.41. The molecule has 1 fully saturated rings. The summed E-state index contributed by atoms with van der Waals surface area (Å²) < 4.78 is 21.1. The predicted molar refractivity (Wildman–Crippen MR) is 108 cm³/mol. The second-order valence-electron chi connectivity index (χ2n) is 6.62. The predicted octanol–water partition coefficient (Wildman–Crippen LogP) is 2.37. The SMILES string of the molecule is COc1ccc(N2CCC[C@H](C(=O)Nc3cc(OC)c(OC)c(OC)c3)C2)nn1. The van der Waals surface area contributed by atoms with Crippen LogP contribution in [0.1, 0.15) is 12.8 Å². The Kier molecular flexibility index (Phi) is 6.58. The molecule has 1 aromatic carbocycles. The molecule has 0 spiro atoms. The van der Waals surface area contributed by atoms with Gasteiger partial charge in [-0.25, -0.2) is 0 Å². The van der Waals surface area contributed by atoms with Crippen LogP contribution in [0.25, 0.3) is 0 Å². The van der Waals surface area contributed by atoms with Crippen molar-refractivity contribution in [2.45, 2.75) is 12.8 Å². The van der Waals surface area contributed by atoms with Crippen molar-refractivity contribution in [1.82, 2.24) is 10.2 Å². The number of piperidine rings is 1. The fraction of sp³-hybridized carbons (Fsp3) is 0.450. The van der Waals surface area contributed by atoms with Crippen LogP contribution in [0.3, 0.4) is 0 Å². The van der Waals surface area contributed by atoms with Crippen molar-refractivity contribution in [3.63, 3.8) is 0 Å². The summed E-state index contributed by atoms with van der Waals surface area (Å²) in [4.78, 5) is 15.0. The Morgan fingerprint density at radius 3 is 2.31 bits per heavy atom. The van der Waals surface area contributed by atoms with E-state index in [0.29, 0.717) is 35.4 Å². The average Bonchev–Trinajstić information content (AvgIpc) is 2.78. The smallest absolute Gasteiger partial charge is 0.233 e. The number of anilines is 2. The molecule has 1 atom stereocenters. The number of amides is 1. The molecule has 0 saturated carbocycles. The highest BCUT2D eigenvalue weighted by Gasteiger charge is 2.27. The van der Waals surface area contributed by atoms with Crippen molar-refractivity contribution < 1.29 is 23.7 Å². The Hall–Kier alpha value is -3.23. The Morgan fingerprint density at radius 2 is 1.76 bits per heavy atom. The minimum atomic E-state index is -0.174. The number of carbonyl (C=O) groups is 1. The van der Waals surface area contributed by atoms with E-state index in [2.05, 4.69) is 20.4 Å². The normalized spacial score (nSPS) is 16.1. The van der Waals surface area contributed by atoms with Crippen LogP contribution in [0.5, 0.6) is 23.1 Å². The van der Waals surface area contributed by atoms with E-state index in [0.717, 1.165) is 25.2 Å². The Balaban J connectivity index is 1.71. The third-order valence-corrected chi connectivity index (χ3v) is 4.88. The van der Waals surface area contributed by atoms with Crippen molar-refractivity contribution in [3.8, 4) is 23.1 Å². The third-order valence-electron chi connectivity index (χ3n) is 4.88. The standard InChI is InChI=1S/C20H26N4O5/c1-26-15-10-14(11-16(27-2)19(15)29-4)21-20(25)13-6-5-9-24(12-13)17-7-8-18(28-3)23-22-17/h7-8,10-11,13H,5-6,9,12H2,1-4H3,(H,21,25)/t13-/m0/s1. The molecule has 1 saturated heterocycles. The van der Waals surface area contributed by atoms with Gasteiger partial charge in [-0.05, 0) is 18.9 Å². The number of ether oxygens (including phenoxy) is 4. The number of rotatable bonds is 7. The van der Waals surface area contributed by atoms with Gasteiger partial charge < -0.3 is 29.2 Å². The molecule has 0 unspecified atom stereocenters. The van der Waals surface area contributed by atoms with Gasteiger partial charge in [0.2, 0.25) is 17.5 Å². The molecule has 9 nitrogen and oxygen atoms in total. The first kappa shape index (κ1) is 20.5. The molecule has 0 bridgehead atoms. The van der Waals surface area contributed by atoms with Crippen molar-refractivity contribution in [1.29, 1.82) is 0 Å². The molecule has 156 valence electrons. The molecule has 1 aliphatic rings. The summed E-state index contributed by atoms with van der Waals surface area (Å²) in [7, 11) is 6.17. The second-order valence-corrected chi connectivity index (χ2v) is 6.62. The van der Waals surface area contributed by atoms with Crippen LogP contribution in [0.4, 0.5) is 11.5 Å². The molecule has 29 heavy (non-hydrogen) atoms. The molecule has 2 aromatic rings. The van der Waals surface area contributed by atoms with Crippen molar-refractivity contribution >= 4 is 17.4 Å². The zero-order valence-electron chi connectivity index (χ0n) is 17.1. The lowest BCUT2D eigenvalue weighted by Gasteiger charge is -2.32. The van der Waals surface area contributed by atoms with E-state index in [4.69, 9.17) is 18.9 Å². The first-order chi connectivity index (χ1) is 14.1. The first-order valence-electron chi connectivity index (χ1n) is 9.33. The van der Waals surface area contributed by atoms with Gasteiger partial charge in [0.1, 0.15) is 0 Å². The van der Waals surface area contributed by atoms with Crippen LogP contribution in [0.15, 0.2) is 24.3 Å². The summed E-state index contributed by atoms with van der Waals surface area (Å²) in [6.45, 7) is 1.40. The molecule has 9 heteroatoms. The number of hydrogen-bond donors (Lipinski definition) is 1. The van der Waals surface area contributed by atoms with Gasteiger partial charge in [-0.3, -0.25) is 4.79 Å². The van der Waals surface area contributed by atoms with Crippen molar-refractivity contribution in [2.75, 3.05) is 51.7 Å². The Bertz CT molecular complexity index is 818. The quantitative estimate of drug-likeness (QED) is 0.754. The van der Waals surface area contributed by atoms with E-state index in [1.54, 1.807) is 25.3 Å². The van der Waals surface area contributed by atoms with Crippen LogP contribution in [0.2, 0.25) is 0 Å². The van der Waals surface area contributed by atoms with Gasteiger partial charge in [-0.2, -0.15) is 0 Å². The van der Waals surface area contributed by atoms with Gasteiger partial charge in [0, 0.05) is 37.0 Å². The fourth-order valence-electron chi connectivity index (χ4n) is 3.39. The maximum atomic E-state index is 12.9. The van der Waals surface area contributed by atoms with E-state index in [-0.39, 0.29) is 11.8 Å². The average molecular weight is 402 g/mol. The number of carbonyl (C=O) groups excluding carboxylic acids is 1. The first-order valence-corrected chi connectivity index (χ1v) is 9.33. The Morgan fingerprint density at radius 1 is 1.03 bits per heavy atom. The molecule has 0 radical (unpaired) electrons. The van der Waals surface area contributed by atoms with Crippen LogP contribution in [-0.2, 0) is 4.79 Å². The molecule has 1 amide bonds. The molecular formula is C20H26N4O5. The lowest BCUT2D eigenvalue weighted by Crippen LogP contribution is -2.41. The van der Waals surface area contributed by atoms with Crippen molar-refractivity contribution in [3.05, 3.63) is 24.3 Å². The summed E-state index contributed by atoms with van der Waals surface area (Å²) in [5, 5.41) is 11.2. The number of methoxy groups -OCH3 is 4. The van der Waals surface area contributed by atoms with Crippen LogP contribution in [-0.4, -0.2) is 57.6 Å². The number of aromatic nitrogens is 2. The molecule has 2 heterocycles. The third kappa shape index (κ3) is 4.61. The number of nitrogens with zero attached hydrogens (tertiary/aromatic N) is 3. The largest absolute Gasteiger partial charge is 0.493 e. The van der Waals surface area contributed by atoms with Gasteiger partial charge in [0.25, 0.3) is 0 Å². The van der Waals surface area contributed by atoms with E-state index in [1.807, 2.05) is 6.07 Å². The summed E-state index contributed by atoms with van der Waals surface area (Å²) >= 11 is 0. The van der Waals surface area contributed by atoms with Crippen molar-refractivity contribution in [2.24, 2.45) is 5.92 Å². The molecule has 1 aliphatic heterocycles. The van der Waals surface area contributed by atoms with Crippen LogP contribution >= 0.6 is 0 Å². The van der Waals surface area contributed by atoms with Crippen LogP contribution in [0, 0.1) is 5.92 Å². The van der Waals surface area contributed by atoms with Gasteiger partial charge in [0.05, 0.1) is 34.4 Å². The van der Waals surface area contributed by atoms with Gasteiger partial charge in [-0.1, -0.05) is 0 Å². The lowest BCUT2D eigenvalue weighted by molar-refractivity contribution is -0.120. The van der Waals surface area contributed by atoms with E-state index < -0.39 is 0 Å². The van der Waals surface area contributed by atoms with E-state index in [1.165, 1.54) is 21.3 Å². The lowest BCUT2D eigenvalue weighted by atomic mass is 9.97. The topological polar surface area (TPSA) is 95.0 Å². The van der Waals surface area contributed by atoms with E-state index >= 15 is 0 Å². The monoisotopic (exact) mass is 402 g/mol. The zero-order chi connectivity index (χ0) is 20.8. The summed E-state index contributed by atoms with van der Waals surface area (Å²) in [6.07, 6.45) is 1.69. The highest BCUT2D eigenvalue weighted by atomic mass is 16.5. The highest BCUT2D eigenvalue weighted by Crippen LogP contribution is 2.40. The maximum Gasteiger partial charge on any atom is 0.233 e. The molecular weight excluding hydrogens is 376 g/mol. The van der Waals surface area contributed by atoms with Gasteiger partial charge >= 0.3 is 0 Å². The molecule has 3 rings (SSSR count). The molecule has 0 aliphatic carbocycles.